The molecular weight excluding hydrogens is 374 g/mol. The minimum absolute atomic E-state index is 0.0578. The van der Waals surface area contributed by atoms with Crippen LogP contribution >= 0.6 is 23.4 Å². The summed E-state index contributed by atoms with van der Waals surface area (Å²) in [4.78, 5) is 23.6. The van der Waals surface area contributed by atoms with Gasteiger partial charge in [0, 0.05) is 16.3 Å². The van der Waals surface area contributed by atoms with Gasteiger partial charge in [-0.3, -0.25) is 9.59 Å². The van der Waals surface area contributed by atoms with Gasteiger partial charge in [0.2, 0.25) is 11.1 Å². The molecule has 0 spiro atoms. The number of aromatic nitrogens is 4. The standard InChI is InChI=1S/C17H14ClN5O2S/c1-11(24)12-3-2-4-14(9-12)19-16(25)10-26-17-20-21-22-23(17)15-7-5-13(18)6-8-15/h2-9H,10H2,1H3,(H,19,25). The number of thioether (sulfide) groups is 1. The summed E-state index contributed by atoms with van der Waals surface area (Å²) in [5, 5.41) is 15.4. The van der Waals surface area contributed by atoms with E-state index in [9.17, 15) is 9.59 Å². The predicted octanol–water partition coefficient (Wildman–Crippen LogP) is 3.25. The van der Waals surface area contributed by atoms with Gasteiger partial charge >= 0.3 is 0 Å². The van der Waals surface area contributed by atoms with E-state index in [1.54, 1.807) is 48.5 Å². The summed E-state index contributed by atoms with van der Waals surface area (Å²) < 4.78 is 1.53. The molecule has 0 fully saturated rings. The Morgan fingerprint density at radius 1 is 1.19 bits per heavy atom. The number of anilines is 1. The second-order valence-electron chi connectivity index (χ2n) is 5.32. The number of halogens is 1. The van der Waals surface area contributed by atoms with E-state index >= 15 is 0 Å². The van der Waals surface area contributed by atoms with Gasteiger partial charge in [-0.25, -0.2) is 0 Å². The highest BCUT2D eigenvalue weighted by Crippen LogP contribution is 2.20. The van der Waals surface area contributed by atoms with E-state index < -0.39 is 0 Å². The topological polar surface area (TPSA) is 89.8 Å². The Bertz CT molecular complexity index is 942. The smallest absolute Gasteiger partial charge is 0.234 e. The van der Waals surface area contributed by atoms with Gasteiger partial charge in [0.15, 0.2) is 5.78 Å². The van der Waals surface area contributed by atoms with Gasteiger partial charge in [-0.2, -0.15) is 4.68 Å². The summed E-state index contributed by atoms with van der Waals surface area (Å²) in [7, 11) is 0. The van der Waals surface area contributed by atoms with Crippen LogP contribution in [-0.4, -0.2) is 37.7 Å². The van der Waals surface area contributed by atoms with E-state index in [1.807, 2.05) is 0 Å². The van der Waals surface area contributed by atoms with Crippen molar-refractivity contribution in [1.82, 2.24) is 20.2 Å². The highest BCUT2D eigenvalue weighted by atomic mass is 35.5. The van der Waals surface area contributed by atoms with Crippen LogP contribution < -0.4 is 5.32 Å². The maximum atomic E-state index is 12.2. The van der Waals surface area contributed by atoms with Gasteiger partial charge in [-0.15, -0.1) is 5.10 Å². The Hall–Kier alpha value is -2.71. The van der Waals surface area contributed by atoms with Crippen LogP contribution in [0, 0.1) is 0 Å². The van der Waals surface area contributed by atoms with Crippen LogP contribution in [-0.2, 0) is 4.79 Å². The average Bonchev–Trinajstić information content (AvgIpc) is 3.09. The van der Waals surface area contributed by atoms with Gasteiger partial charge in [-0.05, 0) is 53.7 Å². The van der Waals surface area contributed by atoms with Crippen molar-refractivity contribution in [2.24, 2.45) is 0 Å². The molecule has 0 atom stereocenters. The molecule has 3 rings (SSSR count). The Morgan fingerprint density at radius 2 is 1.96 bits per heavy atom. The van der Waals surface area contributed by atoms with Gasteiger partial charge in [0.1, 0.15) is 0 Å². The van der Waals surface area contributed by atoms with Crippen LogP contribution in [0.2, 0.25) is 5.02 Å². The fraction of sp³-hybridized carbons (Fsp3) is 0.118. The molecule has 1 heterocycles. The normalized spacial score (nSPS) is 10.5. The number of ketones is 1. The quantitative estimate of drug-likeness (QED) is 0.515. The van der Waals surface area contributed by atoms with Crippen molar-refractivity contribution < 1.29 is 9.59 Å². The summed E-state index contributed by atoms with van der Waals surface area (Å²) in [5.74, 6) is -0.155. The van der Waals surface area contributed by atoms with Crippen LogP contribution in [0.4, 0.5) is 5.69 Å². The maximum Gasteiger partial charge on any atom is 0.234 e. The van der Waals surface area contributed by atoms with Crippen molar-refractivity contribution in [3.8, 4) is 5.69 Å². The summed E-state index contributed by atoms with van der Waals surface area (Å²) in [6, 6.07) is 13.8. The number of carbonyl (C=O) groups is 2. The van der Waals surface area contributed by atoms with Crippen molar-refractivity contribution in [2.45, 2.75) is 12.1 Å². The number of Topliss-reactive ketones (excluding diaryl/α,β-unsaturated/α-hetero) is 1. The van der Waals surface area contributed by atoms with Gasteiger partial charge < -0.3 is 5.32 Å². The predicted molar refractivity (Wildman–Crippen MR) is 100.0 cm³/mol. The van der Waals surface area contributed by atoms with Crippen molar-refractivity contribution in [3.63, 3.8) is 0 Å². The first-order chi connectivity index (χ1) is 12.5. The molecule has 2 aromatic carbocycles. The van der Waals surface area contributed by atoms with E-state index in [0.29, 0.717) is 21.4 Å². The van der Waals surface area contributed by atoms with Crippen LogP contribution in [0.5, 0.6) is 0 Å². The molecule has 1 aromatic heterocycles. The highest BCUT2D eigenvalue weighted by molar-refractivity contribution is 7.99. The maximum absolute atomic E-state index is 12.2. The lowest BCUT2D eigenvalue weighted by Gasteiger charge is -2.07. The first-order valence-electron chi connectivity index (χ1n) is 7.61. The lowest BCUT2D eigenvalue weighted by atomic mass is 10.1. The van der Waals surface area contributed by atoms with E-state index in [2.05, 4.69) is 20.8 Å². The Labute approximate surface area is 158 Å². The van der Waals surface area contributed by atoms with E-state index in [-0.39, 0.29) is 17.4 Å². The third-order valence-corrected chi connectivity index (χ3v) is 4.57. The molecule has 26 heavy (non-hydrogen) atoms. The molecule has 0 saturated heterocycles. The molecule has 0 radical (unpaired) electrons. The van der Waals surface area contributed by atoms with E-state index in [1.165, 1.54) is 23.4 Å². The van der Waals surface area contributed by atoms with Gasteiger partial charge in [0.05, 0.1) is 11.4 Å². The zero-order chi connectivity index (χ0) is 18.5. The molecule has 0 unspecified atom stereocenters. The Balaban J connectivity index is 1.64. The minimum atomic E-state index is -0.221. The van der Waals surface area contributed by atoms with Crippen molar-refractivity contribution >= 4 is 40.7 Å². The number of nitrogens with zero attached hydrogens (tertiary/aromatic N) is 4. The molecule has 0 aliphatic rings. The molecule has 3 aromatic rings. The summed E-state index contributed by atoms with van der Waals surface area (Å²) in [6.07, 6.45) is 0. The number of amides is 1. The lowest BCUT2D eigenvalue weighted by molar-refractivity contribution is -0.113. The summed E-state index contributed by atoms with van der Waals surface area (Å²) in [5.41, 5.74) is 1.86. The third-order valence-electron chi connectivity index (χ3n) is 3.40. The highest BCUT2D eigenvalue weighted by Gasteiger charge is 2.12. The molecule has 1 amide bonds. The summed E-state index contributed by atoms with van der Waals surface area (Å²) in [6.45, 7) is 1.48. The largest absolute Gasteiger partial charge is 0.325 e. The minimum Gasteiger partial charge on any atom is -0.325 e. The molecule has 9 heteroatoms. The monoisotopic (exact) mass is 387 g/mol. The fourth-order valence-corrected chi connectivity index (χ4v) is 2.97. The number of rotatable bonds is 6. The first-order valence-corrected chi connectivity index (χ1v) is 8.97. The van der Waals surface area contributed by atoms with Crippen molar-refractivity contribution in [1.29, 1.82) is 0 Å². The zero-order valence-corrected chi connectivity index (χ0v) is 15.3. The second-order valence-corrected chi connectivity index (χ2v) is 6.70. The number of nitrogens with one attached hydrogen (secondary N) is 1. The lowest BCUT2D eigenvalue weighted by Crippen LogP contribution is -2.15. The van der Waals surface area contributed by atoms with Crippen LogP contribution in [0.25, 0.3) is 5.69 Å². The Kier molecular flexibility index (Phi) is 5.65. The van der Waals surface area contributed by atoms with Gasteiger partial charge in [-0.1, -0.05) is 35.5 Å². The first kappa shape index (κ1) is 18.1. The second kappa shape index (κ2) is 8.11. The number of hydrogen-bond acceptors (Lipinski definition) is 6. The van der Waals surface area contributed by atoms with Crippen LogP contribution in [0.1, 0.15) is 17.3 Å². The number of benzene rings is 2. The Morgan fingerprint density at radius 3 is 2.69 bits per heavy atom. The third kappa shape index (κ3) is 4.47. The molecule has 1 N–H and O–H groups in total. The number of tetrazole rings is 1. The SMILES string of the molecule is CC(=O)c1cccc(NC(=O)CSc2nnnn2-c2ccc(Cl)cc2)c1. The van der Waals surface area contributed by atoms with E-state index in [0.717, 1.165) is 5.69 Å². The molecule has 0 bridgehead atoms. The van der Waals surface area contributed by atoms with Crippen LogP contribution in [0.15, 0.2) is 53.7 Å². The summed E-state index contributed by atoms with van der Waals surface area (Å²) >= 11 is 7.09. The van der Waals surface area contributed by atoms with Crippen LogP contribution in [0.3, 0.4) is 0 Å². The number of carbonyl (C=O) groups excluding carboxylic acids is 2. The molecule has 0 aliphatic heterocycles. The van der Waals surface area contributed by atoms with Gasteiger partial charge in [0.25, 0.3) is 0 Å². The van der Waals surface area contributed by atoms with E-state index in [4.69, 9.17) is 11.6 Å². The molecule has 7 nitrogen and oxygen atoms in total. The zero-order valence-electron chi connectivity index (χ0n) is 13.7. The fourth-order valence-electron chi connectivity index (χ4n) is 2.16. The average molecular weight is 388 g/mol. The molecular formula is C17H14ClN5O2S. The molecule has 0 saturated carbocycles. The van der Waals surface area contributed by atoms with Crippen molar-refractivity contribution in [2.75, 3.05) is 11.1 Å². The van der Waals surface area contributed by atoms with Crippen molar-refractivity contribution in [3.05, 3.63) is 59.1 Å². The number of hydrogen-bond donors (Lipinski definition) is 1. The molecule has 132 valence electrons. The molecule has 0 aliphatic carbocycles.